The molecule has 7 heteroatoms. The van der Waals surface area contributed by atoms with Crippen LogP contribution in [-0.4, -0.2) is 26.0 Å². The molecule has 2 aromatic heterocycles. The van der Waals surface area contributed by atoms with Crippen LogP contribution in [-0.2, 0) is 0 Å². The van der Waals surface area contributed by atoms with Crippen molar-refractivity contribution in [3.8, 4) is 0 Å². The molecule has 2 aromatic rings. The highest BCUT2D eigenvalue weighted by Crippen LogP contribution is 2.23. The molecule has 94 valence electrons. The van der Waals surface area contributed by atoms with Gasteiger partial charge in [-0.15, -0.1) is 11.3 Å². The lowest BCUT2D eigenvalue weighted by molar-refractivity contribution is 0.0690. The highest BCUT2D eigenvalue weighted by molar-refractivity contribution is 7.09. The minimum Gasteiger partial charge on any atom is -0.476 e. The summed E-state index contributed by atoms with van der Waals surface area (Å²) >= 11 is 1.57. The Kier molecular flexibility index (Phi) is 3.52. The third kappa shape index (κ3) is 2.62. The number of aromatic nitrogens is 3. The Hall–Kier alpha value is -2.02. The molecule has 0 fully saturated rings. The minimum absolute atomic E-state index is 0.0579. The maximum atomic E-state index is 10.6. The van der Waals surface area contributed by atoms with Crippen molar-refractivity contribution in [3.63, 3.8) is 0 Å². The average Bonchev–Trinajstić information content (AvgIpc) is 2.76. The van der Waals surface area contributed by atoms with Crippen LogP contribution in [0.1, 0.15) is 34.0 Å². The normalized spacial score (nSPS) is 12.1. The fourth-order valence-corrected chi connectivity index (χ4v) is 2.34. The Balaban J connectivity index is 2.10. The summed E-state index contributed by atoms with van der Waals surface area (Å²) in [5.41, 5.74) is 2.71. The van der Waals surface area contributed by atoms with E-state index >= 15 is 0 Å². The summed E-state index contributed by atoms with van der Waals surface area (Å²) in [5.74, 6) is -0.541. The van der Waals surface area contributed by atoms with Gasteiger partial charge in [-0.3, -0.25) is 0 Å². The summed E-state index contributed by atoms with van der Waals surface area (Å²) in [7, 11) is 0. The van der Waals surface area contributed by atoms with E-state index in [1.165, 1.54) is 12.4 Å². The number of aryl methyl sites for hydroxylation is 1. The number of anilines is 1. The van der Waals surface area contributed by atoms with Crippen molar-refractivity contribution in [2.75, 3.05) is 5.32 Å². The molecule has 0 aliphatic heterocycles. The zero-order chi connectivity index (χ0) is 13.1. The molecule has 0 saturated heterocycles. The van der Waals surface area contributed by atoms with Gasteiger partial charge in [-0.1, -0.05) is 0 Å². The van der Waals surface area contributed by atoms with Crippen LogP contribution >= 0.6 is 11.3 Å². The van der Waals surface area contributed by atoms with Crippen molar-refractivity contribution >= 4 is 23.1 Å². The van der Waals surface area contributed by atoms with Gasteiger partial charge in [0.1, 0.15) is 5.82 Å². The lowest BCUT2D eigenvalue weighted by atomic mass is 10.2. The van der Waals surface area contributed by atoms with Crippen LogP contribution in [0, 0.1) is 6.92 Å². The number of carbonyl (C=O) groups is 1. The predicted octanol–water partition coefficient (Wildman–Crippen LogP) is 2.11. The summed E-state index contributed by atoms with van der Waals surface area (Å²) in [5, 5.41) is 11.9. The van der Waals surface area contributed by atoms with E-state index in [0.29, 0.717) is 5.82 Å². The maximum Gasteiger partial charge on any atom is 0.356 e. The minimum atomic E-state index is -1.08. The van der Waals surface area contributed by atoms with E-state index in [0.717, 1.165) is 10.6 Å². The summed E-state index contributed by atoms with van der Waals surface area (Å²) in [4.78, 5) is 23.7. The fourth-order valence-electron chi connectivity index (χ4n) is 1.53. The second kappa shape index (κ2) is 5.09. The van der Waals surface area contributed by atoms with Gasteiger partial charge in [0, 0.05) is 4.88 Å². The van der Waals surface area contributed by atoms with E-state index in [1.54, 1.807) is 16.8 Å². The molecule has 2 heterocycles. The maximum absolute atomic E-state index is 10.6. The number of aromatic carboxylic acids is 1. The molecule has 0 bridgehead atoms. The number of thiazole rings is 1. The summed E-state index contributed by atoms with van der Waals surface area (Å²) in [6.45, 7) is 3.94. The molecular formula is C11H12N4O2S. The van der Waals surface area contributed by atoms with Crippen LogP contribution in [0.2, 0.25) is 0 Å². The number of rotatable bonds is 4. The second-order valence-corrected chi connectivity index (χ2v) is 4.65. The van der Waals surface area contributed by atoms with Crippen LogP contribution in [0.15, 0.2) is 17.9 Å². The van der Waals surface area contributed by atoms with Gasteiger partial charge in [0.05, 0.1) is 29.6 Å². The van der Waals surface area contributed by atoms with E-state index in [-0.39, 0.29) is 11.7 Å². The van der Waals surface area contributed by atoms with Crippen molar-refractivity contribution in [3.05, 3.63) is 34.2 Å². The molecule has 1 unspecified atom stereocenters. The van der Waals surface area contributed by atoms with Gasteiger partial charge in [-0.05, 0) is 13.8 Å². The Morgan fingerprint density at radius 1 is 1.39 bits per heavy atom. The first kappa shape index (κ1) is 12.4. The topological polar surface area (TPSA) is 88.0 Å². The van der Waals surface area contributed by atoms with Crippen LogP contribution < -0.4 is 5.32 Å². The van der Waals surface area contributed by atoms with Crippen molar-refractivity contribution in [1.29, 1.82) is 0 Å². The second-order valence-electron chi connectivity index (χ2n) is 3.76. The highest BCUT2D eigenvalue weighted by Gasteiger charge is 2.12. The Bertz CT molecular complexity index is 552. The number of nitrogens with one attached hydrogen (secondary N) is 1. The molecule has 1 atom stereocenters. The van der Waals surface area contributed by atoms with Gasteiger partial charge in [-0.2, -0.15) is 0 Å². The lowest BCUT2D eigenvalue weighted by Gasteiger charge is -2.13. The Morgan fingerprint density at radius 3 is 2.67 bits per heavy atom. The summed E-state index contributed by atoms with van der Waals surface area (Å²) in [6.07, 6.45) is 2.65. The molecule has 18 heavy (non-hydrogen) atoms. The molecule has 0 aromatic carbocycles. The standard InChI is InChI=1S/C11H12N4O2S/c1-6-10(18-5-14-6)7(2)15-9-4-12-8(3-13-9)11(16)17/h3-5,7H,1-2H3,(H,13,15)(H,16,17). The molecule has 6 nitrogen and oxygen atoms in total. The number of carboxylic acids is 1. The van der Waals surface area contributed by atoms with Crippen LogP contribution in [0.3, 0.4) is 0 Å². The summed E-state index contributed by atoms with van der Waals surface area (Å²) < 4.78 is 0. The van der Waals surface area contributed by atoms with Gasteiger partial charge in [0.15, 0.2) is 5.69 Å². The van der Waals surface area contributed by atoms with Gasteiger partial charge >= 0.3 is 5.97 Å². The first-order valence-corrected chi connectivity index (χ1v) is 6.17. The van der Waals surface area contributed by atoms with E-state index < -0.39 is 5.97 Å². The fraction of sp³-hybridized carbons (Fsp3) is 0.273. The SMILES string of the molecule is Cc1ncsc1C(C)Nc1cnc(C(=O)O)cn1. The first-order valence-electron chi connectivity index (χ1n) is 5.30. The average molecular weight is 264 g/mol. The quantitative estimate of drug-likeness (QED) is 0.879. The Morgan fingerprint density at radius 2 is 2.17 bits per heavy atom. The molecule has 2 rings (SSSR count). The van der Waals surface area contributed by atoms with Crippen molar-refractivity contribution in [2.45, 2.75) is 19.9 Å². The van der Waals surface area contributed by atoms with Gasteiger partial charge in [-0.25, -0.2) is 19.7 Å². The predicted molar refractivity (Wildman–Crippen MR) is 67.9 cm³/mol. The lowest BCUT2D eigenvalue weighted by Crippen LogP contribution is -2.09. The molecule has 0 amide bonds. The van der Waals surface area contributed by atoms with E-state index in [4.69, 9.17) is 5.11 Å². The van der Waals surface area contributed by atoms with E-state index in [1.807, 2.05) is 13.8 Å². The largest absolute Gasteiger partial charge is 0.476 e. The zero-order valence-electron chi connectivity index (χ0n) is 9.91. The molecule has 0 saturated carbocycles. The molecule has 0 aliphatic rings. The number of carboxylic acid groups (broad SMARTS) is 1. The zero-order valence-corrected chi connectivity index (χ0v) is 10.7. The van der Waals surface area contributed by atoms with Crippen molar-refractivity contribution in [2.24, 2.45) is 0 Å². The molecule has 0 radical (unpaired) electrons. The number of nitrogens with zero attached hydrogens (tertiary/aromatic N) is 3. The smallest absolute Gasteiger partial charge is 0.356 e. The molecular weight excluding hydrogens is 252 g/mol. The molecule has 2 N–H and O–H groups in total. The van der Waals surface area contributed by atoms with Crippen molar-refractivity contribution < 1.29 is 9.90 Å². The first-order chi connectivity index (χ1) is 8.58. The van der Waals surface area contributed by atoms with Crippen LogP contribution in [0.5, 0.6) is 0 Å². The van der Waals surface area contributed by atoms with Gasteiger partial charge in [0.2, 0.25) is 0 Å². The molecule has 0 aliphatic carbocycles. The van der Waals surface area contributed by atoms with E-state index in [9.17, 15) is 4.79 Å². The number of hydrogen-bond acceptors (Lipinski definition) is 6. The number of hydrogen-bond donors (Lipinski definition) is 2. The summed E-state index contributed by atoms with van der Waals surface area (Å²) in [6, 6.07) is 0.0579. The highest BCUT2D eigenvalue weighted by atomic mass is 32.1. The van der Waals surface area contributed by atoms with E-state index in [2.05, 4.69) is 20.3 Å². The van der Waals surface area contributed by atoms with Gasteiger partial charge < -0.3 is 10.4 Å². The third-order valence-electron chi connectivity index (χ3n) is 2.41. The van der Waals surface area contributed by atoms with Crippen molar-refractivity contribution in [1.82, 2.24) is 15.0 Å². The molecule has 0 spiro atoms. The Labute approximate surface area is 108 Å². The van der Waals surface area contributed by atoms with Gasteiger partial charge in [0.25, 0.3) is 0 Å². The third-order valence-corrected chi connectivity index (χ3v) is 3.52. The monoisotopic (exact) mass is 264 g/mol. The van der Waals surface area contributed by atoms with Crippen LogP contribution in [0.25, 0.3) is 0 Å². The van der Waals surface area contributed by atoms with Crippen LogP contribution in [0.4, 0.5) is 5.82 Å².